The van der Waals surface area contributed by atoms with Gasteiger partial charge in [0.15, 0.2) is 0 Å². The van der Waals surface area contributed by atoms with Crippen molar-refractivity contribution in [1.82, 2.24) is 0 Å². The molecule has 12 aromatic carbocycles. The molecule has 0 radical (unpaired) electrons. The minimum atomic E-state index is 1.27. The number of hydrogen-bond donors (Lipinski definition) is 0. The van der Waals surface area contributed by atoms with Gasteiger partial charge in [-0.15, -0.1) is 0 Å². The van der Waals surface area contributed by atoms with Gasteiger partial charge in [0.2, 0.25) is 0 Å². The van der Waals surface area contributed by atoms with Crippen molar-refractivity contribution in [3.8, 4) is 66.8 Å². The third kappa shape index (κ3) is 4.36. The molecule has 2 aliphatic rings. The molecule has 0 aliphatic heterocycles. The maximum absolute atomic E-state index is 2.51. The van der Waals surface area contributed by atoms with Gasteiger partial charge in [0, 0.05) is 0 Å². The van der Waals surface area contributed by atoms with E-state index < -0.39 is 0 Å². The SMILES string of the molecule is Cc1ccc2c(c1)c(-c1cccc3c(-c4cc5c6ccc(C)c7c6c(cc5c5ccc(C)cc45)-c4ccccc4-7)cccc13)cc1c3ccc(C)c4c3c(cc21)-c1ccccc1-4. The van der Waals surface area contributed by atoms with Gasteiger partial charge in [-0.3, -0.25) is 0 Å². The van der Waals surface area contributed by atoms with Gasteiger partial charge in [-0.2, -0.15) is 0 Å². The summed E-state index contributed by atoms with van der Waals surface area (Å²) in [6.45, 7) is 8.98. The van der Waals surface area contributed by atoms with E-state index in [9.17, 15) is 0 Å². The number of rotatable bonds is 2. The predicted molar refractivity (Wildman–Crippen MR) is 268 cm³/mol. The van der Waals surface area contributed by atoms with Crippen LogP contribution in [0.3, 0.4) is 0 Å². The largest absolute Gasteiger partial charge is 0.0616 e. The topological polar surface area (TPSA) is 0 Å². The molecule has 0 spiro atoms. The molecule has 0 heterocycles. The second kappa shape index (κ2) is 12.1. The molecule has 14 rings (SSSR count). The summed E-state index contributed by atoms with van der Waals surface area (Å²) in [5.74, 6) is 0. The number of fused-ring (bicyclic) bond motifs is 15. The zero-order chi connectivity index (χ0) is 41.1. The Balaban J connectivity index is 1.06. The van der Waals surface area contributed by atoms with Crippen molar-refractivity contribution in [3.63, 3.8) is 0 Å². The molecule has 0 amide bonds. The number of aryl methyl sites for hydroxylation is 4. The molecular formula is C62H40. The smallest absolute Gasteiger partial charge is 0.00172 e. The lowest BCUT2D eigenvalue weighted by Gasteiger charge is -2.19. The van der Waals surface area contributed by atoms with Gasteiger partial charge in [0.1, 0.15) is 0 Å². The van der Waals surface area contributed by atoms with E-state index in [4.69, 9.17) is 0 Å². The Kier molecular flexibility index (Phi) is 6.65. The Hall–Kier alpha value is -7.54. The molecular weight excluding hydrogens is 745 g/mol. The molecule has 0 fully saturated rings. The van der Waals surface area contributed by atoms with Crippen LogP contribution in [0, 0.1) is 27.7 Å². The molecule has 0 N–H and O–H groups in total. The number of hydrogen-bond acceptors (Lipinski definition) is 0. The fraction of sp³-hybridized carbons (Fsp3) is 0.0645. The second-order valence-corrected chi connectivity index (χ2v) is 18.1. The van der Waals surface area contributed by atoms with Crippen LogP contribution < -0.4 is 0 Å². The van der Waals surface area contributed by atoms with Crippen LogP contribution in [-0.2, 0) is 0 Å². The summed E-state index contributed by atoms with van der Waals surface area (Å²) < 4.78 is 0. The minimum absolute atomic E-state index is 1.27. The van der Waals surface area contributed by atoms with Gasteiger partial charge >= 0.3 is 0 Å². The molecule has 0 nitrogen and oxygen atoms in total. The molecule has 0 saturated heterocycles. The first kappa shape index (κ1) is 34.2. The van der Waals surface area contributed by atoms with Gasteiger partial charge in [-0.05, 0) is 205 Å². The first-order chi connectivity index (χ1) is 30.4. The maximum atomic E-state index is 2.51. The summed E-state index contributed by atoms with van der Waals surface area (Å²) in [5, 5.41) is 18.4. The van der Waals surface area contributed by atoms with Gasteiger partial charge in [0.05, 0.1) is 0 Å². The van der Waals surface area contributed by atoms with Crippen LogP contribution in [0.4, 0.5) is 0 Å². The number of benzene rings is 12. The van der Waals surface area contributed by atoms with Crippen LogP contribution in [0.25, 0.3) is 142 Å². The van der Waals surface area contributed by atoms with Crippen LogP contribution in [0.1, 0.15) is 22.3 Å². The first-order valence-electron chi connectivity index (χ1n) is 22.0. The van der Waals surface area contributed by atoms with Crippen molar-refractivity contribution in [1.29, 1.82) is 0 Å². The van der Waals surface area contributed by atoms with Crippen LogP contribution in [0.2, 0.25) is 0 Å². The van der Waals surface area contributed by atoms with Crippen molar-refractivity contribution in [2.45, 2.75) is 27.7 Å². The predicted octanol–water partition coefficient (Wildman–Crippen LogP) is 17.6. The maximum Gasteiger partial charge on any atom is -0.00172 e. The van der Waals surface area contributed by atoms with Gasteiger partial charge < -0.3 is 0 Å². The van der Waals surface area contributed by atoms with Crippen molar-refractivity contribution in [2.24, 2.45) is 0 Å². The highest BCUT2D eigenvalue weighted by atomic mass is 14.3. The third-order valence-electron chi connectivity index (χ3n) is 14.7. The monoisotopic (exact) mass is 784 g/mol. The summed E-state index contributed by atoms with van der Waals surface area (Å²) >= 11 is 0. The van der Waals surface area contributed by atoms with Crippen LogP contribution in [0.15, 0.2) is 170 Å². The summed E-state index contributed by atoms with van der Waals surface area (Å²) in [7, 11) is 0. The first-order valence-corrected chi connectivity index (χ1v) is 22.0. The molecule has 62 heavy (non-hydrogen) atoms. The van der Waals surface area contributed by atoms with Gasteiger partial charge in [0.25, 0.3) is 0 Å². The molecule has 0 heteroatoms. The molecule has 0 unspecified atom stereocenters. The van der Waals surface area contributed by atoms with Crippen molar-refractivity contribution in [2.75, 3.05) is 0 Å². The van der Waals surface area contributed by atoms with Crippen LogP contribution >= 0.6 is 0 Å². The molecule has 2 aliphatic carbocycles. The lowest BCUT2D eigenvalue weighted by molar-refractivity contribution is 1.51. The van der Waals surface area contributed by atoms with E-state index in [1.165, 1.54) is 164 Å². The average Bonchev–Trinajstić information content (AvgIpc) is 3.82. The van der Waals surface area contributed by atoms with Crippen molar-refractivity contribution < 1.29 is 0 Å². The fourth-order valence-corrected chi connectivity index (χ4v) is 11.9. The highest BCUT2D eigenvalue weighted by molar-refractivity contribution is 6.31. The Bertz CT molecular complexity index is 3800. The lowest BCUT2D eigenvalue weighted by atomic mass is 9.84. The summed E-state index contributed by atoms with van der Waals surface area (Å²) in [6.07, 6.45) is 0. The van der Waals surface area contributed by atoms with Gasteiger partial charge in [-0.25, -0.2) is 0 Å². The van der Waals surface area contributed by atoms with Crippen LogP contribution in [-0.4, -0.2) is 0 Å². The summed E-state index contributed by atoms with van der Waals surface area (Å²) in [6, 6.07) is 65.4. The second-order valence-electron chi connectivity index (χ2n) is 18.1. The molecule has 0 bridgehead atoms. The molecule has 0 aromatic heterocycles. The molecule has 0 atom stereocenters. The van der Waals surface area contributed by atoms with E-state index >= 15 is 0 Å². The van der Waals surface area contributed by atoms with E-state index in [-0.39, 0.29) is 0 Å². The zero-order valence-electron chi connectivity index (χ0n) is 35.2. The van der Waals surface area contributed by atoms with E-state index in [0.29, 0.717) is 0 Å². The van der Waals surface area contributed by atoms with Crippen LogP contribution in [0.5, 0.6) is 0 Å². The zero-order valence-corrected chi connectivity index (χ0v) is 35.2. The van der Waals surface area contributed by atoms with Crippen molar-refractivity contribution >= 4 is 75.4 Å². The van der Waals surface area contributed by atoms with Crippen molar-refractivity contribution in [3.05, 3.63) is 192 Å². The minimum Gasteiger partial charge on any atom is -0.0616 e. The highest BCUT2D eigenvalue weighted by Gasteiger charge is 2.27. The molecule has 0 saturated carbocycles. The Morgan fingerprint density at radius 1 is 0.210 bits per heavy atom. The Labute approximate surface area is 360 Å². The van der Waals surface area contributed by atoms with E-state index in [2.05, 4.69) is 198 Å². The average molecular weight is 785 g/mol. The van der Waals surface area contributed by atoms with E-state index in [1.54, 1.807) is 0 Å². The van der Waals surface area contributed by atoms with E-state index in [1.807, 2.05) is 0 Å². The lowest BCUT2D eigenvalue weighted by Crippen LogP contribution is -1.92. The Morgan fingerprint density at radius 3 is 1.03 bits per heavy atom. The molecule has 12 aromatic rings. The third-order valence-corrected chi connectivity index (χ3v) is 14.7. The summed E-state index contributed by atoms with van der Waals surface area (Å²) in [4.78, 5) is 0. The quantitative estimate of drug-likeness (QED) is 0.153. The van der Waals surface area contributed by atoms with Gasteiger partial charge in [-0.1, -0.05) is 157 Å². The fourth-order valence-electron chi connectivity index (χ4n) is 11.9. The van der Waals surface area contributed by atoms with E-state index in [0.717, 1.165) is 0 Å². The Morgan fingerprint density at radius 2 is 0.581 bits per heavy atom. The molecule has 288 valence electrons. The normalized spacial score (nSPS) is 12.5. The highest BCUT2D eigenvalue weighted by Crippen LogP contribution is 2.54. The standard InChI is InChI=1S/C62H40/c1-33-19-23-43-49(27-33)51(29-55-47-25-21-35(3)59-45-13-7-5-11-41(45)57(61(47)59)31-53(43)55)39-17-9-16-38-37(39)15-10-18-40(38)52-30-56-48-26-22-36(4)60-46-14-8-6-12-42(46)58(62(48)60)32-54(56)44-24-20-34(2)28-50(44)52/h5-32H,1-4H3. The summed E-state index contributed by atoms with van der Waals surface area (Å²) in [5.41, 5.74) is 21.2.